The van der Waals surface area contributed by atoms with Crippen LogP contribution in [0, 0.1) is 20.8 Å². The zero-order valence-electron chi connectivity index (χ0n) is 12.7. The average molecular weight is 317 g/mol. The second-order valence-electron chi connectivity index (χ2n) is 5.13. The predicted octanol–water partition coefficient (Wildman–Crippen LogP) is 3.84. The highest BCUT2D eigenvalue weighted by Crippen LogP contribution is 2.21. The maximum Gasteiger partial charge on any atom is 0.314 e. The van der Waals surface area contributed by atoms with E-state index in [1.807, 2.05) is 39.0 Å². The molecular weight excluding hydrogens is 300 g/mol. The summed E-state index contributed by atoms with van der Waals surface area (Å²) in [7, 11) is 0. The highest BCUT2D eigenvalue weighted by Gasteiger charge is 2.16. The first-order valence-corrected chi connectivity index (χ1v) is 7.21. The van der Waals surface area contributed by atoms with E-state index in [0.29, 0.717) is 16.4 Å². The van der Waals surface area contributed by atoms with Crippen LogP contribution < -0.4 is 10.6 Å². The van der Waals surface area contributed by atoms with Crippen LogP contribution in [0.25, 0.3) is 0 Å². The Morgan fingerprint density at radius 2 is 1.45 bits per heavy atom. The van der Waals surface area contributed by atoms with Crippen molar-refractivity contribution in [2.45, 2.75) is 20.8 Å². The predicted molar refractivity (Wildman–Crippen MR) is 89.4 cm³/mol. The first-order valence-electron chi connectivity index (χ1n) is 6.83. The molecular formula is C17H17ClN2O2. The van der Waals surface area contributed by atoms with Crippen LogP contribution in [0.5, 0.6) is 0 Å². The van der Waals surface area contributed by atoms with Gasteiger partial charge in [0.15, 0.2) is 0 Å². The third-order valence-electron chi connectivity index (χ3n) is 3.37. The van der Waals surface area contributed by atoms with Crippen LogP contribution >= 0.6 is 11.6 Å². The van der Waals surface area contributed by atoms with Crippen molar-refractivity contribution in [3.63, 3.8) is 0 Å². The largest absolute Gasteiger partial charge is 0.317 e. The van der Waals surface area contributed by atoms with E-state index < -0.39 is 11.8 Å². The fourth-order valence-electron chi connectivity index (χ4n) is 2.09. The van der Waals surface area contributed by atoms with Crippen molar-refractivity contribution in [3.05, 3.63) is 58.1 Å². The molecule has 0 saturated carbocycles. The molecule has 2 aromatic rings. The molecule has 0 radical (unpaired) electrons. The van der Waals surface area contributed by atoms with Crippen LogP contribution in [0.1, 0.15) is 16.7 Å². The number of para-hydroxylation sites is 1. The number of rotatable bonds is 2. The van der Waals surface area contributed by atoms with E-state index in [-0.39, 0.29) is 0 Å². The summed E-state index contributed by atoms with van der Waals surface area (Å²) in [4.78, 5) is 24.1. The number of hydrogen-bond donors (Lipinski definition) is 2. The summed E-state index contributed by atoms with van der Waals surface area (Å²) >= 11 is 5.90. The molecule has 0 heterocycles. The van der Waals surface area contributed by atoms with Gasteiger partial charge in [-0.25, -0.2) is 0 Å². The Morgan fingerprint density at radius 1 is 0.864 bits per heavy atom. The average Bonchev–Trinajstić information content (AvgIpc) is 2.46. The van der Waals surface area contributed by atoms with Crippen LogP contribution in [0.2, 0.25) is 5.02 Å². The lowest BCUT2D eigenvalue weighted by atomic mass is 10.1. The molecule has 0 aliphatic carbocycles. The van der Waals surface area contributed by atoms with Crippen LogP contribution in [-0.2, 0) is 9.59 Å². The minimum Gasteiger partial charge on any atom is -0.317 e. The highest BCUT2D eigenvalue weighted by atomic mass is 35.5. The van der Waals surface area contributed by atoms with Gasteiger partial charge in [0.05, 0.1) is 0 Å². The van der Waals surface area contributed by atoms with Gasteiger partial charge in [-0.1, -0.05) is 35.9 Å². The number of carbonyl (C=O) groups excluding carboxylic acids is 2. The Bertz CT molecular complexity index is 721. The van der Waals surface area contributed by atoms with E-state index in [9.17, 15) is 9.59 Å². The minimum atomic E-state index is -0.729. The summed E-state index contributed by atoms with van der Waals surface area (Å²) in [5.74, 6) is -1.44. The van der Waals surface area contributed by atoms with Crippen molar-refractivity contribution in [2.75, 3.05) is 10.6 Å². The molecule has 0 aliphatic rings. The molecule has 2 amide bonds. The van der Waals surface area contributed by atoms with Gasteiger partial charge in [0.25, 0.3) is 0 Å². The number of anilines is 2. The molecule has 0 saturated heterocycles. The van der Waals surface area contributed by atoms with E-state index in [2.05, 4.69) is 10.6 Å². The molecule has 5 heteroatoms. The van der Waals surface area contributed by atoms with Crippen LogP contribution in [0.4, 0.5) is 11.4 Å². The molecule has 0 unspecified atom stereocenters. The molecule has 2 N–H and O–H groups in total. The number of amides is 2. The van der Waals surface area contributed by atoms with Gasteiger partial charge in [-0.2, -0.15) is 0 Å². The van der Waals surface area contributed by atoms with Gasteiger partial charge in [-0.05, 0) is 49.6 Å². The quantitative estimate of drug-likeness (QED) is 0.827. The molecule has 4 nitrogen and oxygen atoms in total. The number of halogens is 1. The number of carbonyl (C=O) groups is 2. The lowest BCUT2D eigenvalue weighted by molar-refractivity contribution is -0.133. The van der Waals surface area contributed by atoms with E-state index in [0.717, 1.165) is 16.7 Å². The van der Waals surface area contributed by atoms with Crippen molar-refractivity contribution in [2.24, 2.45) is 0 Å². The number of aryl methyl sites for hydroxylation is 3. The lowest BCUT2D eigenvalue weighted by Crippen LogP contribution is -2.29. The first kappa shape index (κ1) is 16.0. The van der Waals surface area contributed by atoms with Gasteiger partial charge in [0.2, 0.25) is 0 Å². The maximum absolute atomic E-state index is 12.1. The Hall–Kier alpha value is -2.33. The number of nitrogens with one attached hydrogen (secondary N) is 2. The molecule has 0 fully saturated rings. The second kappa shape index (κ2) is 6.62. The van der Waals surface area contributed by atoms with Crippen molar-refractivity contribution in [3.8, 4) is 0 Å². The van der Waals surface area contributed by atoms with Crippen molar-refractivity contribution in [1.82, 2.24) is 0 Å². The summed E-state index contributed by atoms with van der Waals surface area (Å²) in [5, 5.41) is 5.72. The van der Waals surface area contributed by atoms with Crippen LogP contribution in [-0.4, -0.2) is 11.8 Å². The van der Waals surface area contributed by atoms with Crippen molar-refractivity contribution in [1.29, 1.82) is 0 Å². The molecule has 2 rings (SSSR count). The van der Waals surface area contributed by atoms with Gasteiger partial charge >= 0.3 is 11.8 Å². The van der Waals surface area contributed by atoms with E-state index in [1.54, 1.807) is 18.2 Å². The summed E-state index contributed by atoms with van der Waals surface area (Å²) in [6.07, 6.45) is 0. The minimum absolute atomic E-state index is 0.496. The highest BCUT2D eigenvalue weighted by molar-refractivity contribution is 6.44. The molecule has 2 aromatic carbocycles. The fourth-order valence-corrected chi connectivity index (χ4v) is 2.26. The monoisotopic (exact) mass is 316 g/mol. The van der Waals surface area contributed by atoms with Crippen LogP contribution in [0.15, 0.2) is 36.4 Å². The molecule has 0 aromatic heterocycles. The van der Waals surface area contributed by atoms with Crippen molar-refractivity contribution >= 4 is 34.8 Å². The van der Waals surface area contributed by atoms with E-state index in [1.165, 1.54) is 0 Å². The first-order chi connectivity index (χ1) is 10.4. The van der Waals surface area contributed by atoms with Gasteiger partial charge < -0.3 is 10.6 Å². The topological polar surface area (TPSA) is 58.2 Å². The number of benzene rings is 2. The molecule has 0 atom stereocenters. The van der Waals surface area contributed by atoms with Crippen molar-refractivity contribution < 1.29 is 9.59 Å². The normalized spacial score (nSPS) is 10.2. The van der Waals surface area contributed by atoms with Gasteiger partial charge in [-0.15, -0.1) is 0 Å². The Labute approximate surface area is 134 Å². The van der Waals surface area contributed by atoms with E-state index in [4.69, 9.17) is 11.6 Å². The molecule has 0 bridgehead atoms. The van der Waals surface area contributed by atoms with Gasteiger partial charge in [0, 0.05) is 16.4 Å². The number of hydrogen-bond acceptors (Lipinski definition) is 2. The second-order valence-corrected chi connectivity index (χ2v) is 5.57. The van der Waals surface area contributed by atoms with E-state index >= 15 is 0 Å². The molecule has 0 aliphatic heterocycles. The van der Waals surface area contributed by atoms with Gasteiger partial charge in [0.1, 0.15) is 0 Å². The smallest absolute Gasteiger partial charge is 0.314 e. The summed E-state index contributed by atoms with van der Waals surface area (Å²) in [6.45, 7) is 5.58. The maximum atomic E-state index is 12.1. The Balaban J connectivity index is 2.13. The molecule has 0 spiro atoms. The molecule has 22 heavy (non-hydrogen) atoms. The van der Waals surface area contributed by atoms with Crippen LogP contribution in [0.3, 0.4) is 0 Å². The zero-order valence-corrected chi connectivity index (χ0v) is 13.4. The van der Waals surface area contributed by atoms with Gasteiger partial charge in [-0.3, -0.25) is 9.59 Å². The standard InChI is InChI=1S/C17H17ClN2O2/c1-10-7-8-13(18)9-14(10)19-16(21)17(22)20-15-11(2)5-4-6-12(15)3/h4-9H,1-3H3,(H,19,21)(H,20,22). The SMILES string of the molecule is Cc1ccc(Cl)cc1NC(=O)C(=O)Nc1c(C)cccc1C. The summed E-state index contributed by atoms with van der Waals surface area (Å²) in [5.41, 5.74) is 3.82. The summed E-state index contributed by atoms with van der Waals surface area (Å²) in [6, 6.07) is 10.8. The third-order valence-corrected chi connectivity index (χ3v) is 3.61. The molecule has 114 valence electrons. The Kier molecular flexibility index (Phi) is 4.83. The Morgan fingerprint density at radius 3 is 2.09 bits per heavy atom. The summed E-state index contributed by atoms with van der Waals surface area (Å²) < 4.78 is 0. The zero-order chi connectivity index (χ0) is 16.3. The fraction of sp³-hybridized carbons (Fsp3) is 0.176. The lowest BCUT2D eigenvalue weighted by Gasteiger charge is -2.12. The third kappa shape index (κ3) is 3.65.